The monoisotopic (exact) mass is 495 g/mol. The van der Waals surface area contributed by atoms with Gasteiger partial charge in [-0.1, -0.05) is 19.1 Å². The lowest BCUT2D eigenvalue weighted by Gasteiger charge is -2.17. The van der Waals surface area contributed by atoms with Gasteiger partial charge in [0, 0.05) is 0 Å². The summed E-state index contributed by atoms with van der Waals surface area (Å²) in [5.74, 6) is -0.433. The minimum atomic E-state index is -4.86. The van der Waals surface area contributed by atoms with Crippen LogP contribution in [-0.2, 0) is 20.2 Å². The van der Waals surface area contributed by atoms with Gasteiger partial charge in [-0.25, -0.2) is 9.55 Å². The first-order valence-electron chi connectivity index (χ1n) is 10.1. The largest absolute Gasteiger partial charge is 0.469 e. The number of aromatic amines is 1. The summed E-state index contributed by atoms with van der Waals surface area (Å²) in [6.45, 7) is 1.29. The first kappa shape index (κ1) is 24.1. The van der Waals surface area contributed by atoms with E-state index in [1.807, 2.05) is 19.1 Å². The molecule has 0 spiro atoms. The lowest BCUT2D eigenvalue weighted by Crippen LogP contribution is -2.33. The molecule has 7 N–H and O–H groups in total. The normalized spacial score (nSPS) is 23.3. The fraction of sp³-hybridized carbons (Fsp3) is 0.389. The number of aliphatic hydroxyl groups excluding tert-OH is 2. The van der Waals surface area contributed by atoms with Gasteiger partial charge in [0.15, 0.2) is 17.4 Å². The lowest BCUT2D eigenvalue weighted by atomic mass is 10.1. The van der Waals surface area contributed by atoms with E-state index in [1.54, 1.807) is 12.1 Å². The van der Waals surface area contributed by atoms with Crippen LogP contribution in [0.2, 0.25) is 0 Å². The molecule has 15 nitrogen and oxygen atoms in total. The average Bonchev–Trinajstić information content (AvgIpc) is 3.28. The molecule has 1 fully saturated rings. The molecule has 3 aromatic rings. The first-order valence-corrected chi connectivity index (χ1v) is 11.6. The summed E-state index contributed by atoms with van der Waals surface area (Å²) in [5.41, 5.74) is 6.27. The van der Waals surface area contributed by atoms with Gasteiger partial charge in [0.25, 0.3) is 11.5 Å². The number of aryl methyl sites for hydroxylation is 1. The molecule has 2 aromatic heterocycles. The Morgan fingerprint density at radius 2 is 1.91 bits per heavy atom. The number of hydrogen-bond donors (Lipinski definition) is 6. The number of nitrogens with one attached hydrogen (secondary N) is 1. The Morgan fingerprint density at radius 1 is 1.21 bits per heavy atom. The summed E-state index contributed by atoms with van der Waals surface area (Å²) >= 11 is 0. The molecule has 0 amide bonds. The minimum Gasteiger partial charge on any atom is -0.387 e. The third-order valence-corrected chi connectivity index (χ3v) is 5.63. The molecule has 0 aliphatic carbocycles. The average molecular weight is 495 g/mol. The molecule has 1 aliphatic heterocycles. The molecule has 16 heteroatoms. The van der Waals surface area contributed by atoms with E-state index in [9.17, 15) is 19.6 Å². The van der Waals surface area contributed by atoms with E-state index in [2.05, 4.69) is 29.7 Å². The first-order chi connectivity index (χ1) is 16.1. The van der Waals surface area contributed by atoms with Crippen LogP contribution in [0.4, 0.5) is 17.6 Å². The van der Waals surface area contributed by atoms with Gasteiger partial charge in [0.05, 0.1) is 12.3 Å². The van der Waals surface area contributed by atoms with Crippen molar-refractivity contribution < 1.29 is 33.8 Å². The van der Waals surface area contributed by atoms with Gasteiger partial charge in [-0.3, -0.25) is 18.9 Å². The van der Waals surface area contributed by atoms with Crippen molar-refractivity contribution >= 4 is 36.6 Å². The number of hydrogen-bond acceptors (Lipinski definition) is 11. The standard InChI is InChI=1S/C18H22N7O8P/c1-2-8-3-5-9(6-4-8)23-24-18-20-11-14(21-17(19)22-15(11)28)25(18)16-13(27)12(26)10(33-16)7-32-34(29,30)31/h3-6,10,12-13,16,26-27H,2,7H2,1H3,(H2,29,30,31)(H3,19,21,22,28)/b24-23+/t10-,12+,13?,16-/m1/s1. The molecule has 1 aromatic carbocycles. The molecule has 0 saturated carbocycles. The Labute approximate surface area is 191 Å². The smallest absolute Gasteiger partial charge is 0.387 e. The maximum atomic E-state index is 12.4. The van der Waals surface area contributed by atoms with Gasteiger partial charge in [0.2, 0.25) is 5.95 Å². The molecule has 1 unspecified atom stereocenters. The number of benzene rings is 1. The van der Waals surface area contributed by atoms with E-state index in [-0.39, 0.29) is 23.1 Å². The number of anilines is 1. The number of azo groups is 1. The Kier molecular flexibility index (Phi) is 6.60. The van der Waals surface area contributed by atoms with Crippen molar-refractivity contribution in [3.8, 4) is 0 Å². The summed E-state index contributed by atoms with van der Waals surface area (Å²) in [6.07, 6.45) is -5.11. The number of ether oxygens (including phenoxy) is 1. The third kappa shape index (κ3) is 4.90. The van der Waals surface area contributed by atoms with Crippen molar-refractivity contribution in [2.75, 3.05) is 12.3 Å². The van der Waals surface area contributed by atoms with E-state index in [0.29, 0.717) is 5.69 Å². The summed E-state index contributed by atoms with van der Waals surface area (Å²) in [7, 11) is -4.86. The number of nitrogens with zero attached hydrogens (tertiary/aromatic N) is 5. The lowest BCUT2D eigenvalue weighted by molar-refractivity contribution is -0.0496. The number of aliphatic hydroxyl groups is 2. The molecule has 0 bridgehead atoms. The number of imidazole rings is 1. The van der Waals surface area contributed by atoms with Crippen LogP contribution in [0.5, 0.6) is 0 Å². The van der Waals surface area contributed by atoms with Crippen molar-refractivity contribution in [3.63, 3.8) is 0 Å². The zero-order valence-electron chi connectivity index (χ0n) is 17.7. The van der Waals surface area contributed by atoms with Crippen LogP contribution in [-0.4, -0.2) is 64.4 Å². The highest BCUT2D eigenvalue weighted by Crippen LogP contribution is 2.40. The van der Waals surface area contributed by atoms with E-state index >= 15 is 0 Å². The second-order valence-corrected chi connectivity index (χ2v) is 8.70. The van der Waals surface area contributed by atoms with Crippen molar-refractivity contribution in [1.29, 1.82) is 0 Å². The number of nitrogen functional groups attached to an aromatic ring is 1. The van der Waals surface area contributed by atoms with Crippen molar-refractivity contribution in [3.05, 3.63) is 40.2 Å². The molecule has 182 valence electrons. The van der Waals surface area contributed by atoms with Gasteiger partial charge >= 0.3 is 7.82 Å². The summed E-state index contributed by atoms with van der Waals surface area (Å²) in [4.78, 5) is 40.7. The SMILES string of the molecule is CCc1ccc(/N=N/c2nc3c(=O)[nH]c(N)nc3n2[C@@H]2O[C@H](COP(=O)(O)O)[C@H](O)C2O)cc1. The van der Waals surface area contributed by atoms with Gasteiger partial charge in [0.1, 0.15) is 18.3 Å². The predicted octanol–water partition coefficient (Wildman–Crippen LogP) is 0.408. The highest BCUT2D eigenvalue weighted by Gasteiger charge is 2.46. The number of rotatable bonds is 7. The number of phosphoric acid groups is 1. The Morgan fingerprint density at radius 3 is 2.56 bits per heavy atom. The molecule has 0 radical (unpaired) electrons. The summed E-state index contributed by atoms with van der Waals surface area (Å²) in [6, 6.07) is 7.21. The number of fused-ring (bicyclic) bond motifs is 1. The van der Waals surface area contributed by atoms with Crippen molar-refractivity contribution in [2.24, 2.45) is 10.2 Å². The predicted molar refractivity (Wildman–Crippen MR) is 116 cm³/mol. The van der Waals surface area contributed by atoms with Crippen LogP contribution in [0.3, 0.4) is 0 Å². The fourth-order valence-corrected chi connectivity index (χ4v) is 3.79. The minimum absolute atomic E-state index is 0.107. The van der Waals surface area contributed by atoms with Crippen LogP contribution in [0.15, 0.2) is 39.3 Å². The number of phosphoric ester groups is 1. The van der Waals surface area contributed by atoms with E-state index in [1.165, 1.54) is 0 Å². The molecule has 4 rings (SSSR count). The topological polar surface area (TPSA) is 231 Å². The second-order valence-electron chi connectivity index (χ2n) is 7.46. The number of H-pyrrole nitrogens is 1. The van der Waals surface area contributed by atoms with Crippen molar-refractivity contribution in [2.45, 2.75) is 37.9 Å². The Bertz CT molecular complexity index is 1320. The van der Waals surface area contributed by atoms with Gasteiger partial charge < -0.3 is 30.5 Å². The molecule has 1 saturated heterocycles. The van der Waals surface area contributed by atoms with Gasteiger partial charge in [-0.05, 0) is 24.1 Å². The number of nitrogens with two attached hydrogens (primary N) is 1. The van der Waals surface area contributed by atoms with Crippen LogP contribution in [0, 0.1) is 0 Å². The summed E-state index contributed by atoms with van der Waals surface area (Å²) < 4.78 is 22.1. The molecule has 3 heterocycles. The van der Waals surface area contributed by atoms with E-state index in [4.69, 9.17) is 20.3 Å². The molecule has 4 atom stereocenters. The van der Waals surface area contributed by atoms with Crippen LogP contribution >= 0.6 is 7.82 Å². The number of aromatic nitrogens is 4. The zero-order valence-corrected chi connectivity index (χ0v) is 18.6. The maximum Gasteiger partial charge on any atom is 0.469 e. The molecular weight excluding hydrogens is 473 g/mol. The molecular formula is C18H22N7O8P. The van der Waals surface area contributed by atoms with Crippen LogP contribution in [0.25, 0.3) is 11.2 Å². The van der Waals surface area contributed by atoms with Gasteiger partial charge in [-0.2, -0.15) is 4.98 Å². The zero-order chi connectivity index (χ0) is 24.6. The quantitative estimate of drug-likeness (QED) is 0.194. The third-order valence-electron chi connectivity index (χ3n) is 5.15. The Balaban J connectivity index is 1.75. The summed E-state index contributed by atoms with van der Waals surface area (Å²) in [5, 5.41) is 29.1. The Hall–Kier alpha value is -3.04. The highest BCUT2D eigenvalue weighted by molar-refractivity contribution is 7.46. The highest BCUT2D eigenvalue weighted by atomic mass is 31.2. The van der Waals surface area contributed by atoms with E-state index in [0.717, 1.165) is 16.6 Å². The van der Waals surface area contributed by atoms with Crippen molar-refractivity contribution in [1.82, 2.24) is 19.5 Å². The molecule has 34 heavy (non-hydrogen) atoms. The van der Waals surface area contributed by atoms with Gasteiger partial charge in [-0.15, -0.1) is 10.2 Å². The van der Waals surface area contributed by atoms with Crippen LogP contribution < -0.4 is 11.3 Å². The maximum absolute atomic E-state index is 12.4. The molecule has 1 aliphatic rings. The van der Waals surface area contributed by atoms with E-state index < -0.39 is 44.5 Å². The van der Waals surface area contributed by atoms with Crippen LogP contribution in [0.1, 0.15) is 18.7 Å². The second kappa shape index (κ2) is 9.31. The fourth-order valence-electron chi connectivity index (χ4n) is 3.45.